The highest BCUT2D eigenvalue weighted by Crippen LogP contribution is 2.45. The van der Waals surface area contributed by atoms with Gasteiger partial charge in [-0.3, -0.25) is 0 Å². The van der Waals surface area contributed by atoms with Crippen molar-refractivity contribution in [2.24, 2.45) is 0 Å². The summed E-state index contributed by atoms with van der Waals surface area (Å²) in [6.45, 7) is 0. The van der Waals surface area contributed by atoms with Gasteiger partial charge in [0.1, 0.15) is 0 Å². The quantitative estimate of drug-likeness (QED) is 0.188. The minimum atomic E-state index is 1.05. The van der Waals surface area contributed by atoms with Crippen LogP contribution in [0.3, 0.4) is 0 Å². The van der Waals surface area contributed by atoms with Crippen molar-refractivity contribution in [1.29, 1.82) is 0 Å². The lowest BCUT2D eigenvalue weighted by atomic mass is 9.87. The molecule has 0 atom stereocenters. The first-order valence-corrected chi connectivity index (χ1v) is 18.5. The van der Waals surface area contributed by atoms with Crippen LogP contribution >= 0.6 is 0 Å². The molecular weight excluding hydrogens is 653 g/mol. The second kappa shape index (κ2) is 13.4. The summed E-state index contributed by atoms with van der Waals surface area (Å²) in [6, 6.07) is 74.4. The molecule has 254 valence electrons. The highest BCUT2D eigenvalue weighted by molar-refractivity contribution is 6.01. The SMILES string of the molecule is c1ccc(-c2cccc(Nc3ccccc3-c3cccc(-c4cc5cc(c4)-c4ccccc4-c4cc6ccccc6cc4Nc4ccccc4-5)c3)c2)cc1. The molecule has 10 rings (SSSR count). The second-order valence-corrected chi connectivity index (χ2v) is 14.0. The number of rotatable bonds is 5. The molecule has 0 amide bonds. The van der Waals surface area contributed by atoms with E-state index in [1.807, 2.05) is 0 Å². The van der Waals surface area contributed by atoms with Crippen LogP contribution in [0.25, 0.3) is 77.5 Å². The fourth-order valence-electron chi connectivity index (χ4n) is 7.90. The zero-order chi connectivity index (χ0) is 35.8. The normalized spacial score (nSPS) is 11.5. The molecule has 2 nitrogen and oxygen atoms in total. The van der Waals surface area contributed by atoms with E-state index in [1.54, 1.807) is 0 Å². The minimum absolute atomic E-state index is 1.05. The molecule has 54 heavy (non-hydrogen) atoms. The van der Waals surface area contributed by atoms with Gasteiger partial charge in [0.2, 0.25) is 0 Å². The molecule has 2 N–H and O–H groups in total. The van der Waals surface area contributed by atoms with Crippen LogP contribution in [-0.2, 0) is 0 Å². The van der Waals surface area contributed by atoms with Crippen molar-refractivity contribution in [1.82, 2.24) is 0 Å². The molecule has 0 spiro atoms. The van der Waals surface area contributed by atoms with Crippen molar-refractivity contribution < 1.29 is 0 Å². The Balaban J connectivity index is 1.09. The van der Waals surface area contributed by atoms with Gasteiger partial charge < -0.3 is 10.6 Å². The monoisotopic (exact) mass is 688 g/mol. The summed E-state index contributed by atoms with van der Waals surface area (Å²) < 4.78 is 0. The Hall–Kier alpha value is -7.16. The second-order valence-electron chi connectivity index (χ2n) is 14.0. The molecule has 0 aromatic heterocycles. The van der Waals surface area contributed by atoms with Gasteiger partial charge >= 0.3 is 0 Å². The molecule has 1 heterocycles. The van der Waals surface area contributed by atoms with Crippen LogP contribution in [0.15, 0.2) is 206 Å². The molecule has 9 aromatic carbocycles. The van der Waals surface area contributed by atoms with E-state index < -0.39 is 0 Å². The topological polar surface area (TPSA) is 24.1 Å². The minimum Gasteiger partial charge on any atom is -0.355 e. The lowest BCUT2D eigenvalue weighted by Gasteiger charge is -2.22. The van der Waals surface area contributed by atoms with Crippen LogP contribution in [0, 0.1) is 0 Å². The van der Waals surface area contributed by atoms with Crippen molar-refractivity contribution in [2.75, 3.05) is 10.6 Å². The van der Waals surface area contributed by atoms with Gasteiger partial charge in [-0.05, 0) is 122 Å². The molecule has 1 aliphatic heterocycles. The molecule has 0 unspecified atom stereocenters. The Labute approximate surface area is 316 Å². The summed E-state index contributed by atoms with van der Waals surface area (Å²) in [5, 5.41) is 10.1. The molecule has 9 aromatic rings. The third kappa shape index (κ3) is 5.90. The fourth-order valence-corrected chi connectivity index (χ4v) is 7.90. The molecule has 0 saturated heterocycles. The van der Waals surface area contributed by atoms with Gasteiger partial charge in [-0.25, -0.2) is 0 Å². The van der Waals surface area contributed by atoms with E-state index in [1.165, 1.54) is 66.4 Å². The maximum absolute atomic E-state index is 3.87. The van der Waals surface area contributed by atoms with E-state index in [0.29, 0.717) is 0 Å². The summed E-state index contributed by atoms with van der Waals surface area (Å²) in [7, 11) is 0. The Bertz CT molecular complexity index is 2830. The highest BCUT2D eigenvalue weighted by atomic mass is 14.9. The number of nitrogens with one attached hydrogen (secondary N) is 2. The van der Waals surface area contributed by atoms with Gasteiger partial charge in [-0.15, -0.1) is 0 Å². The van der Waals surface area contributed by atoms with Crippen LogP contribution in [0.1, 0.15) is 0 Å². The van der Waals surface area contributed by atoms with Crippen LogP contribution in [-0.4, -0.2) is 0 Å². The van der Waals surface area contributed by atoms with Gasteiger partial charge in [-0.1, -0.05) is 146 Å². The van der Waals surface area contributed by atoms with E-state index in [-0.39, 0.29) is 0 Å². The van der Waals surface area contributed by atoms with Gasteiger partial charge in [0.05, 0.1) is 0 Å². The van der Waals surface area contributed by atoms with Gasteiger partial charge in [0, 0.05) is 39.4 Å². The first-order chi connectivity index (χ1) is 26.7. The zero-order valence-corrected chi connectivity index (χ0v) is 29.6. The predicted octanol–water partition coefficient (Wildman–Crippen LogP) is 14.6. The maximum Gasteiger partial charge on any atom is 0.0470 e. The molecule has 1 aliphatic rings. The Kier molecular flexibility index (Phi) is 7.85. The molecule has 0 saturated carbocycles. The number of benzene rings is 9. The van der Waals surface area contributed by atoms with E-state index in [9.17, 15) is 0 Å². The highest BCUT2D eigenvalue weighted by Gasteiger charge is 2.19. The lowest BCUT2D eigenvalue weighted by molar-refractivity contribution is 1.50. The van der Waals surface area contributed by atoms with Crippen molar-refractivity contribution in [3.05, 3.63) is 206 Å². The Morgan fingerprint density at radius 1 is 0.278 bits per heavy atom. The Morgan fingerprint density at radius 2 is 0.833 bits per heavy atom. The van der Waals surface area contributed by atoms with Crippen molar-refractivity contribution in [2.45, 2.75) is 0 Å². The summed E-state index contributed by atoms with van der Waals surface area (Å²) >= 11 is 0. The Morgan fingerprint density at radius 3 is 1.67 bits per heavy atom. The van der Waals surface area contributed by atoms with Gasteiger partial charge in [0.25, 0.3) is 0 Å². The summed E-state index contributed by atoms with van der Waals surface area (Å²) in [6.07, 6.45) is 0. The summed E-state index contributed by atoms with van der Waals surface area (Å²) in [5.41, 5.74) is 18.5. The van der Waals surface area contributed by atoms with Crippen molar-refractivity contribution in [3.8, 4) is 66.8 Å². The number of hydrogen-bond donors (Lipinski definition) is 2. The average molecular weight is 689 g/mol. The summed E-state index contributed by atoms with van der Waals surface area (Å²) in [4.78, 5) is 0. The number of anilines is 4. The zero-order valence-electron chi connectivity index (χ0n) is 29.6. The lowest BCUT2D eigenvalue weighted by Crippen LogP contribution is -1.99. The van der Waals surface area contributed by atoms with E-state index in [2.05, 4.69) is 217 Å². The third-order valence-corrected chi connectivity index (χ3v) is 10.5. The van der Waals surface area contributed by atoms with Crippen molar-refractivity contribution in [3.63, 3.8) is 0 Å². The van der Waals surface area contributed by atoms with Crippen LogP contribution in [0.5, 0.6) is 0 Å². The van der Waals surface area contributed by atoms with Gasteiger partial charge in [0.15, 0.2) is 0 Å². The number of hydrogen-bond acceptors (Lipinski definition) is 2. The smallest absolute Gasteiger partial charge is 0.0470 e. The van der Waals surface area contributed by atoms with E-state index in [4.69, 9.17) is 0 Å². The third-order valence-electron chi connectivity index (χ3n) is 10.5. The van der Waals surface area contributed by atoms with E-state index in [0.717, 1.165) is 33.9 Å². The first-order valence-electron chi connectivity index (χ1n) is 18.5. The molecule has 2 heteroatoms. The maximum atomic E-state index is 3.87. The van der Waals surface area contributed by atoms with Crippen LogP contribution in [0.4, 0.5) is 22.7 Å². The number of fused-ring (bicyclic) bond motifs is 9. The first kappa shape index (κ1) is 31.6. The largest absolute Gasteiger partial charge is 0.355 e. The molecule has 0 radical (unpaired) electrons. The average Bonchev–Trinajstić information content (AvgIpc) is 3.24. The summed E-state index contributed by atoms with van der Waals surface area (Å²) in [5.74, 6) is 0. The molecule has 0 fully saturated rings. The van der Waals surface area contributed by atoms with Crippen LogP contribution in [0.2, 0.25) is 0 Å². The standard InChI is InChI=1S/C52H36N2/c1-2-14-35(15-3-1)37-19-13-21-44(32-37)53-50-26-10-8-23-46(50)40-20-12-18-36(28-40)41-29-42-31-43(30-41)47-24-9-11-27-51(47)54-52-34-39-17-5-4-16-38(39)33-49(52)48-25-7-6-22-45(42)48/h1-34,53-54H. The number of para-hydroxylation sites is 2. The predicted molar refractivity (Wildman–Crippen MR) is 230 cm³/mol. The molecule has 0 aliphatic carbocycles. The van der Waals surface area contributed by atoms with Crippen molar-refractivity contribution >= 4 is 33.5 Å². The van der Waals surface area contributed by atoms with E-state index >= 15 is 0 Å². The fraction of sp³-hybridized carbons (Fsp3) is 0. The molecular formula is C52H36N2. The van der Waals surface area contributed by atoms with Crippen LogP contribution < -0.4 is 10.6 Å². The van der Waals surface area contributed by atoms with Gasteiger partial charge in [-0.2, -0.15) is 0 Å². The molecule has 2 bridgehead atoms.